The highest BCUT2D eigenvalue weighted by Gasteiger charge is 2.07. The monoisotopic (exact) mass is 164 g/mol. The van der Waals surface area contributed by atoms with E-state index in [4.69, 9.17) is 5.73 Å². The summed E-state index contributed by atoms with van der Waals surface area (Å²) in [5.74, 6) is 0.627. The van der Waals surface area contributed by atoms with Crippen molar-refractivity contribution in [2.24, 2.45) is 11.7 Å². The van der Waals surface area contributed by atoms with Crippen molar-refractivity contribution in [2.75, 3.05) is 0 Å². The fourth-order valence-corrected chi connectivity index (χ4v) is 1.22. The first-order valence-electron chi connectivity index (χ1n) is 4.36. The van der Waals surface area contributed by atoms with Crippen LogP contribution in [0.1, 0.15) is 32.0 Å². The summed E-state index contributed by atoms with van der Waals surface area (Å²) >= 11 is 0. The summed E-state index contributed by atoms with van der Waals surface area (Å²) in [5, 5.41) is 0. The van der Waals surface area contributed by atoms with Crippen molar-refractivity contribution < 1.29 is 0 Å². The van der Waals surface area contributed by atoms with Gasteiger partial charge in [0.1, 0.15) is 0 Å². The third-order valence-corrected chi connectivity index (χ3v) is 1.79. The summed E-state index contributed by atoms with van der Waals surface area (Å²) in [7, 11) is 0. The lowest BCUT2D eigenvalue weighted by atomic mass is 10.0. The maximum Gasteiger partial charge on any atom is 0.0571 e. The van der Waals surface area contributed by atoms with E-state index in [1.807, 2.05) is 18.2 Å². The number of hydrogen-bond donors (Lipinski definition) is 1. The average Bonchev–Trinajstić information content (AvgIpc) is 2.05. The van der Waals surface area contributed by atoms with E-state index in [-0.39, 0.29) is 6.04 Å². The van der Waals surface area contributed by atoms with E-state index in [1.165, 1.54) is 0 Å². The fraction of sp³-hybridized carbons (Fsp3) is 0.500. The minimum Gasteiger partial charge on any atom is -0.323 e. The van der Waals surface area contributed by atoms with Crippen LogP contribution < -0.4 is 5.73 Å². The molecule has 1 rings (SSSR count). The molecule has 0 spiro atoms. The minimum atomic E-state index is 0.0891. The zero-order chi connectivity index (χ0) is 8.97. The molecule has 0 bridgehead atoms. The molecule has 0 fully saturated rings. The highest BCUT2D eigenvalue weighted by atomic mass is 14.8. The second kappa shape index (κ2) is 4.21. The molecule has 2 heteroatoms. The van der Waals surface area contributed by atoms with Gasteiger partial charge < -0.3 is 5.73 Å². The van der Waals surface area contributed by atoms with E-state index in [9.17, 15) is 0 Å². The van der Waals surface area contributed by atoms with Crippen LogP contribution in [0.3, 0.4) is 0 Å². The molecule has 0 radical (unpaired) electrons. The Morgan fingerprint density at radius 3 is 2.67 bits per heavy atom. The number of nitrogens with two attached hydrogens (primary N) is 1. The van der Waals surface area contributed by atoms with E-state index >= 15 is 0 Å². The van der Waals surface area contributed by atoms with Crippen molar-refractivity contribution in [3.05, 3.63) is 30.1 Å². The highest BCUT2D eigenvalue weighted by Crippen LogP contribution is 2.15. The first-order valence-corrected chi connectivity index (χ1v) is 4.36. The minimum absolute atomic E-state index is 0.0891. The molecule has 2 nitrogen and oxygen atoms in total. The number of rotatable bonds is 3. The van der Waals surface area contributed by atoms with E-state index in [1.54, 1.807) is 6.20 Å². The Morgan fingerprint density at radius 2 is 2.17 bits per heavy atom. The molecule has 1 atom stereocenters. The van der Waals surface area contributed by atoms with Crippen molar-refractivity contribution in [3.8, 4) is 0 Å². The van der Waals surface area contributed by atoms with Gasteiger partial charge >= 0.3 is 0 Å². The van der Waals surface area contributed by atoms with Gasteiger partial charge in [0, 0.05) is 12.2 Å². The molecule has 0 aliphatic rings. The molecule has 1 aromatic heterocycles. The Hall–Kier alpha value is -0.890. The maximum absolute atomic E-state index is 5.93. The lowest BCUT2D eigenvalue weighted by molar-refractivity contribution is 0.502. The summed E-state index contributed by atoms with van der Waals surface area (Å²) in [6.45, 7) is 4.34. The predicted molar refractivity (Wildman–Crippen MR) is 50.6 cm³/mol. The van der Waals surface area contributed by atoms with Crippen LogP contribution in [0.4, 0.5) is 0 Å². The Labute approximate surface area is 73.8 Å². The second-order valence-corrected chi connectivity index (χ2v) is 3.49. The van der Waals surface area contributed by atoms with E-state index < -0.39 is 0 Å². The molecule has 1 unspecified atom stereocenters. The van der Waals surface area contributed by atoms with Crippen LogP contribution in [0.25, 0.3) is 0 Å². The first kappa shape index (κ1) is 9.20. The van der Waals surface area contributed by atoms with Gasteiger partial charge in [-0.2, -0.15) is 0 Å². The number of pyridine rings is 1. The van der Waals surface area contributed by atoms with Crippen LogP contribution in [-0.2, 0) is 0 Å². The fourth-order valence-electron chi connectivity index (χ4n) is 1.22. The van der Waals surface area contributed by atoms with Gasteiger partial charge in [-0.25, -0.2) is 0 Å². The lowest BCUT2D eigenvalue weighted by Crippen LogP contribution is -2.13. The molecular formula is C10H16N2. The van der Waals surface area contributed by atoms with Gasteiger partial charge in [-0.05, 0) is 24.5 Å². The highest BCUT2D eigenvalue weighted by molar-refractivity contribution is 5.07. The first-order chi connectivity index (χ1) is 5.70. The summed E-state index contributed by atoms with van der Waals surface area (Å²) in [6.07, 6.45) is 2.78. The van der Waals surface area contributed by atoms with Gasteiger partial charge in [0.2, 0.25) is 0 Å². The smallest absolute Gasteiger partial charge is 0.0571 e. The van der Waals surface area contributed by atoms with Gasteiger partial charge in [0.05, 0.1) is 5.69 Å². The Balaban J connectivity index is 2.59. The zero-order valence-electron chi connectivity index (χ0n) is 7.70. The molecule has 1 heterocycles. The van der Waals surface area contributed by atoms with Crippen LogP contribution in [0.5, 0.6) is 0 Å². The largest absolute Gasteiger partial charge is 0.323 e. The van der Waals surface area contributed by atoms with Crippen molar-refractivity contribution in [1.82, 2.24) is 4.98 Å². The molecule has 66 valence electrons. The predicted octanol–water partition coefficient (Wildman–Crippen LogP) is 2.13. The molecule has 0 aliphatic heterocycles. The quantitative estimate of drug-likeness (QED) is 0.743. The average molecular weight is 164 g/mol. The van der Waals surface area contributed by atoms with Crippen molar-refractivity contribution in [1.29, 1.82) is 0 Å². The molecule has 1 aromatic rings. The maximum atomic E-state index is 5.93. The molecular weight excluding hydrogens is 148 g/mol. The molecule has 2 N–H and O–H groups in total. The molecule has 0 saturated heterocycles. The Bertz CT molecular complexity index is 219. The lowest BCUT2D eigenvalue weighted by Gasteiger charge is -2.12. The van der Waals surface area contributed by atoms with Crippen LogP contribution in [0.15, 0.2) is 24.4 Å². The zero-order valence-corrected chi connectivity index (χ0v) is 7.70. The number of nitrogens with zero attached hydrogens (tertiary/aromatic N) is 1. The number of aromatic nitrogens is 1. The van der Waals surface area contributed by atoms with Gasteiger partial charge in [-0.15, -0.1) is 0 Å². The van der Waals surface area contributed by atoms with Crippen molar-refractivity contribution in [2.45, 2.75) is 26.3 Å². The normalized spacial score (nSPS) is 13.3. The topological polar surface area (TPSA) is 38.9 Å². The summed E-state index contributed by atoms with van der Waals surface area (Å²) < 4.78 is 0. The summed E-state index contributed by atoms with van der Waals surface area (Å²) in [4.78, 5) is 4.21. The molecule has 12 heavy (non-hydrogen) atoms. The molecule has 0 amide bonds. The van der Waals surface area contributed by atoms with Gasteiger partial charge in [0.25, 0.3) is 0 Å². The third kappa shape index (κ3) is 2.62. The number of hydrogen-bond acceptors (Lipinski definition) is 2. The molecule has 0 aliphatic carbocycles. The van der Waals surface area contributed by atoms with Crippen LogP contribution in [0, 0.1) is 5.92 Å². The van der Waals surface area contributed by atoms with Crippen molar-refractivity contribution in [3.63, 3.8) is 0 Å². The van der Waals surface area contributed by atoms with E-state index in [2.05, 4.69) is 18.8 Å². The third-order valence-electron chi connectivity index (χ3n) is 1.79. The molecule has 0 saturated carbocycles. The van der Waals surface area contributed by atoms with Crippen molar-refractivity contribution >= 4 is 0 Å². The summed E-state index contributed by atoms with van der Waals surface area (Å²) in [5.41, 5.74) is 6.93. The van der Waals surface area contributed by atoms with Gasteiger partial charge in [0.15, 0.2) is 0 Å². The van der Waals surface area contributed by atoms with Crippen LogP contribution >= 0.6 is 0 Å². The van der Waals surface area contributed by atoms with Gasteiger partial charge in [-0.1, -0.05) is 19.9 Å². The second-order valence-electron chi connectivity index (χ2n) is 3.49. The SMILES string of the molecule is CC(C)CC(N)c1ccccn1. The molecule has 0 aromatic carbocycles. The standard InChI is InChI=1S/C10H16N2/c1-8(2)7-9(11)10-5-3-4-6-12-10/h3-6,8-9H,7,11H2,1-2H3. The summed E-state index contributed by atoms with van der Waals surface area (Å²) in [6, 6.07) is 5.95. The van der Waals surface area contributed by atoms with E-state index in [0.717, 1.165) is 12.1 Å². The Morgan fingerprint density at radius 1 is 1.42 bits per heavy atom. The van der Waals surface area contributed by atoms with Crippen LogP contribution in [0.2, 0.25) is 0 Å². The van der Waals surface area contributed by atoms with Crippen LogP contribution in [-0.4, -0.2) is 4.98 Å². The van der Waals surface area contributed by atoms with Gasteiger partial charge in [-0.3, -0.25) is 4.98 Å². The Kier molecular flexibility index (Phi) is 3.23. The van der Waals surface area contributed by atoms with E-state index in [0.29, 0.717) is 5.92 Å².